The molecule has 28 heavy (non-hydrogen) atoms. The molecule has 0 spiro atoms. The molecule has 0 fully saturated rings. The van der Waals surface area contributed by atoms with Gasteiger partial charge >= 0.3 is 0 Å². The second kappa shape index (κ2) is 8.83. The molecule has 0 saturated heterocycles. The molecule has 9 heteroatoms. The van der Waals surface area contributed by atoms with Gasteiger partial charge in [0.05, 0.1) is 23.2 Å². The zero-order valence-electron chi connectivity index (χ0n) is 14.4. The molecule has 7 nitrogen and oxygen atoms in total. The van der Waals surface area contributed by atoms with Crippen molar-refractivity contribution in [3.63, 3.8) is 0 Å². The van der Waals surface area contributed by atoms with E-state index in [0.717, 1.165) is 16.9 Å². The highest BCUT2D eigenvalue weighted by molar-refractivity contribution is 7.14. The molecule has 0 aliphatic carbocycles. The third-order valence-corrected chi connectivity index (χ3v) is 4.95. The van der Waals surface area contributed by atoms with Crippen LogP contribution < -0.4 is 10.6 Å². The van der Waals surface area contributed by atoms with Crippen LogP contribution in [0.3, 0.4) is 0 Å². The summed E-state index contributed by atoms with van der Waals surface area (Å²) in [7, 11) is 0. The van der Waals surface area contributed by atoms with E-state index >= 15 is 0 Å². The van der Waals surface area contributed by atoms with Crippen LogP contribution in [0.5, 0.6) is 5.75 Å². The fourth-order valence-electron chi connectivity index (χ4n) is 2.47. The van der Waals surface area contributed by atoms with Crippen LogP contribution in [0, 0.1) is 0 Å². The van der Waals surface area contributed by atoms with Gasteiger partial charge in [0.15, 0.2) is 5.69 Å². The van der Waals surface area contributed by atoms with Gasteiger partial charge in [-0.05, 0) is 23.8 Å². The summed E-state index contributed by atoms with van der Waals surface area (Å²) in [4.78, 5) is 29.0. The smallest absolute Gasteiger partial charge is 0.273 e. The number of rotatable bonds is 6. The van der Waals surface area contributed by atoms with E-state index in [1.54, 1.807) is 24.3 Å². The topological polar surface area (TPSA) is 112 Å². The van der Waals surface area contributed by atoms with Crippen LogP contribution in [-0.2, 0) is 0 Å². The van der Waals surface area contributed by atoms with E-state index < -0.39 is 17.9 Å². The molecule has 0 aliphatic rings. The average Bonchev–Trinajstić information content (AvgIpc) is 3.17. The first-order valence-electron chi connectivity index (χ1n) is 8.19. The van der Waals surface area contributed by atoms with Gasteiger partial charge in [-0.1, -0.05) is 41.9 Å². The zero-order valence-corrected chi connectivity index (χ0v) is 16.0. The Labute approximate surface area is 169 Å². The Morgan fingerprint density at radius 2 is 1.89 bits per heavy atom. The van der Waals surface area contributed by atoms with E-state index in [2.05, 4.69) is 15.6 Å². The normalized spacial score (nSPS) is 11.6. The Morgan fingerprint density at radius 1 is 1.14 bits per heavy atom. The standard InChI is InChI=1S/C19H16ClN3O4S/c20-13-8-12(6-7-15(13)25)17(26)23-19-16(21-10-28-19)18(27)22-14(9-24)11-4-2-1-3-5-11/h1-8,10,14,24-25H,9H2,(H,22,27)(H,23,26)/t14-/m1/s1. The number of carbonyl (C=O) groups excluding carboxylic acids is 2. The maximum Gasteiger partial charge on any atom is 0.273 e. The van der Waals surface area contributed by atoms with Gasteiger partial charge < -0.3 is 20.8 Å². The minimum Gasteiger partial charge on any atom is -0.506 e. The molecule has 4 N–H and O–H groups in total. The van der Waals surface area contributed by atoms with E-state index in [1.807, 2.05) is 6.07 Å². The molecule has 1 heterocycles. The van der Waals surface area contributed by atoms with Crippen molar-refractivity contribution >= 4 is 39.8 Å². The molecular weight excluding hydrogens is 402 g/mol. The monoisotopic (exact) mass is 417 g/mol. The number of carbonyl (C=O) groups is 2. The number of nitrogens with zero attached hydrogens (tertiary/aromatic N) is 1. The van der Waals surface area contributed by atoms with Crippen molar-refractivity contribution < 1.29 is 19.8 Å². The maximum absolute atomic E-state index is 12.6. The summed E-state index contributed by atoms with van der Waals surface area (Å²) in [5.74, 6) is -1.16. The van der Waals surface area contributed by atoms with Crippen molar-refractivity contribution in [3.05, 3.63) is 75.9 Å². The molecule has 2 aromatic carbocycles. The fraction of sp³-hybridized carbons (Fsp3) is 0.105. The van der Waals surface area contributed by atoms with Gasteiger partial charge in [-0.25, -0.2) is 4.98 Å². The van der Waals surface area contributed by atoms with Crippen LogP contribution in [0.25, 0.3) is 0 Å². The molecular formula is C19H16ClN3O4S. The summed E-state index contributed by atoms with van der Waals surface area (Å²) in [6, 6.07) is 12.5. The number of hydrogen-bond acceptors (Lipinski definition) is 6. The number of anilines is 1. The molecule has 0 radical (unpaired) electrons. The SMILES string of the molecule is O=C(Nc1scnc1C(=O)N[C@H](CO)c1ccccc1)c1ccc(O)c(Cl)c1. The van der Waals surface area contributed by atoms with Gasteiger partial charge in [0.1, 0.15) is 10.8 Å². The van der Waals surface area contributed by atoms with Crippen LogP contribution >= 0.6 is 22.9 Å². The first-order valence-corrected chi connectivity index (χ1v) is 9.45. The number of aliphatic hydroxyl groups excluding tert-OH is 1. The van der Waals surface area contributed by atoms with Crippen LogP contribution in [-0.4, -0.2) is 33.6 Å². The molecule has 0 bridgehead atoms. The quantitative estimate of drug-likeness (QED) is 0.492. The Morgan fingerprint density at radius 3 is 2.57 bits per heavy atom. The van der Waals surface area contributed by atoms with Gasteiger partial charge in [-0.3, -0.25) is 9.59 Å². The van der Waals surface area contributed by atoms with Gasteiger partial charge in [-0.15, -0.1) is 11.3 Å². The number of aliphatic hydroxyl groups is 1. The van der Waals surface area contributed by atoms with E-state index in [1.165, 1.54) is 23.7 Å². The largest absolute Gasteiger partial charge is 0.506 e. The lowest BCUT2D eigenvalue weighted by Crippen LogP contribution is -2.31. The number of benzene rings is 2. The molecule has 1 aromatic heterocycles. The van der Waals surface area contributed by atoms with E-state index in [-0.39, 0.29) is 33.6 Å². The van der Waals surface area contributed by atoms with Gasteiger partial charge in [-0.2, -0.15) is 0 Å². The number of phenolic OH excluding ortho intramolecular Hbond substituents is 1. The lowest BCUT2D eigenvalue weighted by Gasteiger charge is -2.16. The summed E-state index contributed by atoms with van der Waals surface area (Å²) < 4.78 is 0. The highest BCUT2D eigenvalue weighted by Crippen LogP contribution is 2.26. The Hall–Kier alpha value is -2.94. The highest BCUT2D eigenvalue weighted by atomic mass is 35.5. The predicted molar refractivity (Wildman–Crippen MR) is 107 cm³/mol. The Kier molecular flexibility index (Phi) is 6.25. The molecule has 0 aliphatic heterocycles. The van der Waals surface area contributed by atoms with E-state index in [4.69, 9.17) is 11.6 Å². The third-order valence-electron chi connectivity index (χ3n) is 3.91. The minimum absolute atomic E-state index is 0.0395. The molecule has 2 amide bonds. The molecule has 3 rings (SSSR count). The second-order valence-corrected chi connectivity index (χ2v) is 7.03. The Bertz CT molecular complexity index is 994. The fourth-order valence-corrected chi connectivity index (χ4v) is 3.32. The van der Waals surface area contributed by atoms with Crippen molar-refractivity contribution in [2.75, 3.05) is 11.9 Å². The molecule has 1 atom stereocenters. The van der Waals surface area contributed by atoms with Crippen LogP contribution in [0.1, 0.15) is 32.5 Å². The highest BCUT2D eigenvalue weighted by Gasteiger charge is 2.21. The molecule has 144 valence electrons. The van der Waals surface area contributed by atoms with Gasteiger partial charge in [0.25, 0.3) is 11.8 Å². The number of aromatic nitrogens is 1. The summed E-state index contributed by atoms with van der Waals surface area (Å²) in [5, 5.41) is 24.7. The van der Waals surface area contributed by atoms with Crippen molar-refractivity contribution in [2.45, 2.75) is 6.04 Å². The average molecular weight is 418 g/mol. The lowest BCUT2D eigenvalue weighted by atomic mass is 10.1. The van der Waals surface area contributed by atoms with Gasteiger partial charge in [0.2, 0.25) is 0 Å². The van der Waals surface area contributed by atoms with Crippen molar-refractivity contribution in [1.82, 2.24) is 10.3 Å². The van der Waals surface area contributed by atoms with E-state index in [9.17, 15) is 19.8 Å². The summed E-state index contributed by atoms with van der Waals surface area (Å²) in [6.07, 6.45) is 0. The van der Waals surface area contributed by atoms with Crippen molar-refractivity contribution in [2.24, 2.45) is 0 Å². The third kappa shape index (κ3) is 4.48. The second-order valence-electron chi connectivity index (χ2n) is 5.77. The lowest BCUT2D eigenvalue weighted by molar-refractivity contribution is 0.0912. The van der Waals surface area contributed by atoms with Gasteiger partial charge in [0, 0.05) is 5.56 Å². The summed E-state index contributed by atoms with van der Waals surface area (Å²) in [5.41, 5.74) is 2.45. The first kappa shape index (κ1) is 19.8. The number of nitrogens with one attached hydrogen (secondary N) is 2. The van der Waals surface area contributed by atoms with Crippen LogP contribution in [0.4, 0.5) is 5.00 Å². The van der Waals surface area contributed by atoms with Crippen LogP contribution in [0.2, 0.25) is 5.02 Å². The maximum atomic E-state index is 12.6. The number of phenols is 1. The number of aromatic hydroxyl groups is 1. The molecule has 0 saturated carbocycles. The van der Waals surface area contributed by atoms with Crippen molar-refractivity contribution in [3.8, 4) is 5.75 Å². The first-order chi connectivity index (χ1) is 13.5. The molecule has 3 aromatic rings. The number of thiazole rings is 1. The summed E-state index contributed by atoms with van der Waals surface area (Å²) in [6.45, 7) is -0.284. The Balaban J connectivity index is 1.74. The number of halogens is 1. The predicted octanol–water partition coefficient (Wildman–Crippen LogP) is 3.22. The van der Waals surface area contributed by atoms with Crippen LogP contribution in [0.15, 0.2) is 54.0 Å². The summed E-state index contributed by atoms with van der Waals surface area (Å²) >= 11 is 6.92. The minimum atomic E-state index is -0.602. The zero-order chi connectivity index (χ0) is 20.1. The number of hydrogen-bond donors (Lipinski definition) is 4. The molecule has 0 unspecified atom stereocenters. The van der Waals surface area contributed by atoms with E-state index in [0.29, 0.717) is 0 Å². The van der Waals surface area contributed by atoms with Crippen molar-refractivity contribution in [1.29, 1.82) is 0 Å². The number of amides is 2.